The predicted octanol–water partition coefficient (Wildman–Crippen LogP) is 3.63. The number of thioether (sulfide) groups is 1. The van der Waals surface area contributed by atoms with Gasteiger partial charge < -0.3 is 20.5 Å². The standard InChI is InChI=1S/C24H28N2O5S/c1-15(32-2)13-25-23(29)21(11-12-22(27)28)26-24(30)31-14-20-18-9-5-3-7-16(18)17-8-4-6-10-19(17)20/h3-10,15,20-21H,11-14H2,1-2H3,(H,25,29)(H,26,30)(H,27,28). The third-order valence-electron chi connectivity index (χ3n) is 5.57. The lowest BCUT2D eigenvalue weighted by Gasteiger charge is -2.20. The third kappa shape index (κ3) is 5.82. The van der Waals surface area contributed by atoms with Gasteiger partial charge in [-0.15, -0.1) is 0 Å². The summed E-state index contributed by atoms with van der Waals surface area (Å²) in [5.41, 5.74) is 4.43. The van der Waals surface area contributed by atoms with Crippen molar-refractivity contribution >= 4 is 29.7 Å². The second-order valence-corrected chi connectivity index (χ2v) is 9.02. The number of ether oxygens (including phenoxy) is 1. The van der Waals surface area contributed by atoms with Crippen molar-refractivity contribution in [2.45, 2.75) is 37.0 Å². The van der Waals surface area contributed by atoms with Crippen LogP contribution in [0.3, 0.4) is 0 Å². The molecule has 3 rings (SSSR count). The number of carbonyl (C=O) groups is 3. The van der Waals surface area contributed by atoms with E-state index in [0.717, 1.165) is 22.3 Å². The quantitative estimate of drug-likeness (QED) is 0.504. The highest BCUT2D eigenvalue weighted by molar-refractivity contribution is 7.99. The summed E-state index contributed by atoms with van der Waals surface area (Å²) in [5.74, 6) is -1.54. The normalized spacial score (nSPS) is 14.1. The molecule has 0 aromatic heterocycles. The van der Waals surface area contributed by atoms with E-state index < -0.39 is 24.0 Å². The molecule has 0 radical (unpaired) electrons. The van der Waals surface area contributed by atoms with Crippen LogP contribution in [0.5, 0.6) is 0 Å². The second-order valence-electron chi connectivity index (χ2n) is 7.75. The molecule has 0 saturated carbocycles. The van der Waals surface area contributed by atoms with Gasteiger partial charge in [-0.25, -0.2) is 4.79 Å². The number of benzene rings is 2. The number of hydrogen-bond donors (Lipinski definition) is 3. The Hall–Kier alpha value is -3.00. The van der Waals surface area contributed by atoms with Crippen LogP contribution in [0.2, 0.25) is 0 Å². The average molecular weight is 457 g/mol. The van der Waals surface area contributed by atoms with Crippen molar-refractivity contribution in [2.75, 3.05) is 19.4 Å². The monoisotopic (exact) mass is 456 g/mol. The van der Waals surface area contributed by atoms with Gasteiger partial charge >= 0.3 is 12.1 Å². The average Bonchev–Trinajstić information content (AvgIpc) is 3.12. The summed E-state index contributed by atoms with van der Waals surface area (Å²) in [6.07, 6.45) is 0.947. The fourth-order valence-electron chi connectivity index (χ4n) is 3.77. The first kappa shape index (κ1) is 23.7. The molecule has 0 fully saturated rings. The van der Waals surface area contributed by atoms with Crippen molar-refractivity contribution in [1.29, 1.82) is 0 Å². The van der Waals surface area contributed by atoms with Gasteiger partial charge in [0.15, 0.2) is 0 Å². The summed E-state index contributed by atoms with van der Waals surface area (Å²) in [6.45, 7) is 2.52. The van der Waals surface area contributed by atoms with Gasteiger partial charge in [-0.3, -0.25) is 9.59 Å². The molecule has 2 aromatic rings. The van der Waals surface area contributed by atoms with Gasteiger partial charge in [0.05, 0.1) is 0 Å². The van der Waals surface area contributed by atoms with Crippen molar-refractivity contribution in [2.24, 2.45) is 0 Å². The van der Waals surface area contributed by atoms with Crippen molar-refractivity contribution in [1.82, 2.24) is 10.6 Å². The molecular formula is C24H28N2O5S. The fourth-order valence-corrected chi connectivity index (χ4v) is 4.02. The fraction of sp³-hybridized carbons (Fsp3) is 0.375. The first-order valence-corrected chi connectivity index (χ1v) is 11.8. The van der Waals surface area contributed by atoms with Gasteiger partial charge in [-0.1, -0.05) is 55.5 Å². The number of carboxylic acid groups (broad SMARTS) is 1. The Morgan fingerprint density at radius 2 is 1.66 bits per heavy atom. The summed E-state index contributed by atoms with van der Waals surface area (Å²) >= 11 is 1.60. The summed E-state index contributed by atoms with van der Waals surface area (Å²) in [4.78, 5) is 36.0. The first-order chi connectivity index (χ1) is 15.4. The lowest BCUT2D eigenvalue weighted by atomic mass is 9.98. The number of amides is 2. The molecule has 32 heavy (non-hydrogen) atoms. The molecule has 170 valence electrons. The number of hydrogen-bond acceptors (Lipinski definition) is 5. The molecule has 0 spiro atoms. The van der Waals surface area contributed by atoms with Gasteiger partial charge in [-0.2, -0.15) is 11.8 Å². The Bertz CT molecular complexity index is 935. The largest absolute Gasteiger partial charge is 0.481 e. The van der Waals surface area contributed by atoms with E-state index in [2.05, 4.69) is 22.8 Å². The molecule has 3 N–H and O–H groups in total. The molecule has 0 saturated heterocycles. The zero-order chi connectivity index (χ0) is 23.1. The molecular weight excluding hydrogens is 428 g/mol. The summed E-state index contributed by atoms with van der Waals surface area (Å²) in [6, 6.07) is 15.1. The Balaban J connectivity index is 1.63. The Labute approximate surface area is 191 Å². The van der Waals surface area contributed by atoms with Crippen LogP contribution >= 0.6 is 11.8 Å². The van der Waals surface area contributed by atoms with Gasteiger partial charge in [-0.05, 0) is 34.9 Å². The Morgan fingerprint density at radius 3 is 2.22 bits per heavy atom. The van der Waals surface area contributed by atoms with E-state index in [1.807, 2.05) is 49.6 Å². The SMILES string of the molecule is CSC(C)CNC(=O)C(CCC(=O)O)NC(=O)OCC1c2ccccc2-c2ccccc21. The van der Waals surface area contributed by atoms with Gasteiger partial charge in [0, 0.05) is 24.1 Å². The smallest absolute Gasteiger partial charge is 0.407 e. The molecule has 0 bridgehead atoms. The minimum atomic E-state index is -1.03. The number of aliphatic carboxylic acids is 1. The van der Waals surface area contributed by atoms with E-state index in [0.29, 0.717) is 6.54 Å². The lowest BCUT2D eigenvalue weighted by Crippen LogP contribution is -2.48. The molecule has 0 heterocycles. The van der Waals surface area contributed by atoms with Crippen molar-refractivity contribution in [3.8, 4) is 11.1 Å². The summed E-state index contributed by atoms with van der Waals surface area (Å²) < 4.78 is 5.49. The highest BCUT2D eigenvalue weighted by atomic mass is 32.2. The molecule has 1 aliphatic carbocycles. The molecule has 8 heteroatoms. The highest BCUT2D eigenvalue weighted by Gasteiger charge is 2.30. The lowest BCUT2D eigenvalue weighted by molar-refractivity contribution is -0.137. The molecule has 2 unspecified atom stereocenters. The molecule has 2 aromatic carbocycles. The van der Waals surface area contributed by atoms with E-state index in [9.17, 15) is 14.4 Å². The third-order valence-corrected chi connectivity index (χ3v) is 6.54. The Kier molecular flexibility index (Phi) is 8.16. The van der Waals surface area contributed by atoms with E-state index in [4.69, 9.17) is 9.84 Å². The number of carboxylic acids is 1. The summed E-state index contributed by atoms with van der Waals surface area (Å²) in [5, 5.41) is 14.5. The zero-order valence-electron chi connectivity index (χ0n) is 18.2. The Morgan fingerprint density at radius 1 is 1.06 bits per heavy atom. The van der Waals surface area contributed by atoms with E-state index in [-0.39, 0.29) is 30.6 Å². The molecule has 2 amide bonds. The van der Waals surface area contributed by atoms with E-state index >= 15 is 0 Å². The topological polar surface area (TPSA) is 105 Å². The van der Waals surface area contributed by atoms with Crippen molar-refractivity contribution in [3.63, 3.8) is 0 Å². The van der Waals surface area contributed by atoms with Crippen molar-refractivity contribution in [3.05, 3.63) is 59.7 Å². The molecule has 1 aliphatic rings. The molecule has 2 atom stereocenters. The number of rotatable bonds is 10. The van der Waals surface area contributed by atoms with Gasteiger partial charge in [0.2, 0.25) is 5.91 Å². The maximum absolute atomic E-state index is 12.5. The van der Waals surface area contributed by atoms with Crippen LogP contribution in [0.1, 0.15) is 36.8 Å². The molecule has 7 nitrogen and oxygen atoms in total. The molecule has 0 aliphatic heterocycles. The van der Waals surface area contributed by atoms with Crippen LogP contribution in [0.15, 0.2) is 48.5 Å². The van der Waals surface area contributed by atoms with Crippen LogP contribution in [-0.4, -0.2) is 53.8 Å². The number of alkyl carbamates (subject to hydrolysis) is 1. The summed E-state index contributed by atoms with van der Waals surface area (Å²) in [7, 11) is 0. The van der Waals surface area contributed by atoms with Crippen LogP contribution < -0.4 is 10.6 Å². The zero-order valence-corrected chi connectivity index (χ0v) is 19.0. The predicted molar refractivity (Wildman–Crippen MR) is 125 cm³/mol. The van der Waals surface area contributed by atoms with Crippen LogP contribution in [0, 0.1) is 0 Å². The minimum Gasteiger partial charge on any atom is -0.481 e. The first-order valence-electron chi connectivity index (χ1n) is 10.5. The number of fused-ring (bicyclic) bond motifs is 3. The van der Waals surface area contributed by atoms with Crippen molar-refractivity contribution < 1.29 is 24.2 Å². The van der Waals surface area contributed by atoms with Gasteiger partial charge in [0.25, 0.3) is 0 Å². The minimum absolute atomic E-state index is 0.0149. The van der Waals surface area contributed by atoms with Gasteiger partial charge in [0.1, 0.15) is 12.6 Å². The number of carbonyl (C=O) groups excluding carboxylic acids is 2. The van der Waals surface area contributed by atoms with Crippen LogP contribution in [0.25, 0.3) is 11.1 Å². The maximum atomic E-state index is 12.5. The van der Waals surface area contributed by atoms with E-state index in [1.54, 1.807) is 11.8 Å². The second kappa shape index (κ2) is 11.0. The van der Waals surface area contributed by atoms with Crippen LogP contribution in [-0.2, 0) is 14.3 Å². The highest BCUT2D eigenvalue weighted by Crippen LogP contribution is 2.44. The van der Waals surface area contributed by atoms with Crippen LogP contribution in [0.4, 0.5) is 4.79 Å². The maximum Gasteiger partial charge on any atom is 0.407 e. The number of nitrogens with one attached hydrogen (secondary N) is 2. The van der Waals surface area contributed by atoms with E-state index in [1.165, 1.54) is 0 Å².